The molecule has 8 nitrogen and oxygen atoms in total. The molecule has 1 aromatic rings. The lowest BCUT2D eigenvalue weighted by Crippen LogP contribution is -2.67. The second kappa shape index (κ2) is 5.08. The summed E-state index contributed by atoms with van der Waals surface area (Å²) in [6.45, 7) is -0.605. The van der Waals surface area contributed by atoms with Crippen LogP contribution in [0.15, 0.2) is 24.3 Å². The van der Waals surface area contributed by atoms with Gasteiger partial charge in [0.2, 0.25) is 11.6 Å². The number of amides is 3. The molecule has 120 valence electrons. The first-order chi connectivity index (χ1) is 10.9. The summed E-state index contributed by atoms with van der Waals surface area (Å²) >= 11 is 0. The third-order valence-corrected chi connectivity index (χ3v) is 4.21. The minimum atomic E-state index is -1.57. The number of para-hydroxylation sites is 1. The number of nitrogens with two attached hydrogens (primary N) is 1. The number of hydrogen-bond donors (Lipinski definition) is 1. The average Bonchev–Trinajstić information content (AvgIpc) is 2.89. The van der Waals surface area contributed by atoms with Gasteiger partial charge in [-0.3, -0.25) is 19.3 Å². The molecule has 1 atom stereocenters. The fourth-order valence-electron chi connectivity index (χ4n) is 3.14. The molecule has 0 radical (unpaired) electrons. The van der Waals surface area contributed by atoms with E-state index in [1.807, 2.05) is 0 Å². The first kappa shape index (κ1) is 15.0. The van der Waals surface area contributed by atoms with E-state index < -0.39 is 24.1 Å². The molecule has 23 heavy (non-hydrogen) atoms. The van der Waals surface area contributed by atoms with Crippen molar-refractivity contribution in [3.05, 3.63) is 29.8 Å². The molecule has 0 unspecified atom stereocenters. The van der Waals surface area contributed by atoms with Gasteiger partial charge in [0.1, 0.15) is 0 Å². The highest BCUT2D eigenvalue weighted by Gasteiger charge is 2.60. The van der Waals surface area contributed by atoms with Gasteiger partial charge < -0.3 is 15.4 Å². The van der Waals surface area contributed by atoms with E-state index in [-0.39, 0.29) is 24.7 Å². The van der Waals surface area contributed by atoms with Gasteiger partial charge in [0, 0.05) is 19.9 Å². The van der Waals surface area contributed by atoms with Gasteiger partial charge in [-0.25, -0.2) is 4.79 Å². The molecule has 2 aliphatic rings. The second-order valence-corrected chi connectivity index (χ2v) is 5.47. The Kier molecular flexibility index (Phi) is 3.32. The van der Waals surface area contributed by atoms with Crippen LogP contribution in [-0.4, -0.2) is 47.9 Å². The summed E-state index contributed by atoms with van der Waals surface area (Å²) in [7, 11) is 1.44. The summed E-state index contributed by atoms with van der Waals surface area (Å²) in [4.78, 5) is 50.9. The Labute approximate surface area is 131 Å². The van der Waals surface area contributed by atoms with Crippen LogP contribution in [0.1, 0.15) is 23.2 Å². The van der Waals surface area contributed by atoms with Gasteiger partial charge in [-0.05, 0) is 12.1 Å². The Balaban J connectivity index is 2.11. The third kappa shape index (κ3) is 1.98. The van der Waals surface area contributed by atoms with Crippen molar-refractivity contribution in [1.82, 2.24) is 4.90 Å². The molecule has 8 heteroatoms. The summed E-state index contributed by atoms with van der Waals surface area (Å²) in [5, 5.41) is 0. The molecule has 1 fully saturated rings. The quantitative estimate of drug-likeness (QED) is 0.764. The van der Waals surface area contributed by atoms with Crippen molar-refractivity contribution in [2.45, 2.75) is 18.5 Å². The fraction of sp³-hybridized carbons (Fsp3) is 0.333. The van der Waals surface area contributed by atoms with Crippen molar-refractivity contribution in [2.75, 3.05) is 18.6 Å². The van der Waals surface area contributed by atoms with E-state index in [0.717, 1.165) is 0 Å². The molecule has 0 aromatic heterocycles. The number of ether oxygens (including phenoxy) is 1. The molecule has 2 N–H and O–H groups in total. The summed E-state index contributed by atoms with van der Waals surface area (Å²) in [5.74, 6) is -2.32. The lowest BCUT2D eigenvalue weighted by Gasteiger charge is -2.46. The van der Waals surface area contributed by atoms with Crippen LogP contribution in [0.4, 0.5) is 5.69 Å². The first-order valence-corrected chi connectivity index (χ1v) is 7.05. The number of likely N-dealkylation sites (N-methyl/N-ethyl adjacent to an activating group) is 1. The number of primary amides is 1. The minimum Gasteiger partial charge on any atom is -0.452 e. The molecular weight excluding hydrogens is 302 g/mol. The highest BCUT2D eigenvalue weighted by molar-refractivity contribution is 6.15. The van der Waals surface area contributed by atoms with Crippen molar-refractivity contribution in [1.29, 1.82) is 0 Å². The number of nitrogens with zero attached hydrogens (tertiary/aromatic N) is 2. The van der Waals surface area contributed by atoms with Gasteiger partial charge in [-0.15, -0.1) is 0 Å². The van der Waals surface area contributed by atoms with Crippen LogP contribution in [0, 0.1) is 0 Å². The molecular formula is C15H15N3O5. The number of benzene rings is 1. The summed E-state index contributed by atoms with van der Waals surface area (Å²) in [6, 6.07) is 6.57. The Hall–Kier alpha value is -2.90. The number of anilines is 1. The van der Waals surface area contributed by atoms with Crippen molar-refractivity contribution >= 4 is 29.4 Å². The van der Waals surface area contributed by atoms with Gasteiger partial charge in [0.05, 0.1) is 11.3 Å². The molecule has 0 saturated carbocycles. The van der Waals surface area contributed by atoms with Gasteiger partial charge in [0.15, 0.2) is 6.61 Å². The smallest absolute Gasteiger partial charge is 0.354 e. The molecule has 2 aliphatic heterocycles. The highest BCUT2D eigenvalue weighted by Crippen LogP contribution is 2.44. The zero-order valence-corrected chi connectivity index (χ0v) is 12.4. The van der Waals surface area contributed by atoms with E-state index in [2.05, 4.69) is 0 Å². The Morgan fingerprint density at radius 2 is 2.00 bits per heavy atom. The predicted octanol–water partition coefficient (Wildman–Crippen LogP) is -0.376. The van der Waals surface area contributed by atoms with Crippen LogP contribution >= 0.6 is 0 Å². The van der Waals surface area contributed by atoms with Gasteiger partial charge in [-0.2, -0.15) is 0 Å². The molecule has 1 aromatic carbocycles. The molecule has 0 spiro atoms. The maximum Gasteiger partial charge on any atom is 0.354 e. The van der Waals surface area contributed by atoms with E-state index >= 15 is 0 Å². The lowest BCUT2D eigenvalue weighted by atomic mass is 9.97. The predicted molar refractivity (Wildman–Crippen MR) is 78.1 cm³/mol. The lowest BCUT2D eigenvalue weighted by molar-refractivity contribution is -0.158. The molecule has 0 bridgehead atoms. The van der Waals surface area contributed by atoms with Crippen LogP contribution in [0.25, 0.3) is 0 Å². The van der Waals surface area contributed by atoms with Crippen LogP contribution in [0.3, 0.4) is 0 Å². The van der Waals surface area contributed by atoms with Gasteiger partial charge in [0.25, 0.3) is 11.8 Å². The number of hydrogen-bond acceptors (Lipinski definition) is 5. The highest BCUT2D eigenvalue weighted by atomic mass is 16.5. The van der Waals surface area contributed by atoms with E-state index in [4.69, 9.17) is 10.5 Å². The van der Waals surface area contributed by atoms with Crippen molar-refractivity contribution in [2.24, 2.45) is 5.73 Å². The van der Waals surface area contributed by atoms with E-state index in [1.54, 1.807) is 24.3 Å². The topological polar surface area (TPSA) is 110 Å². The molecule has 0 aliphatic carbocycles. The molecule has 3 amide bonds. The van der Waals surface area contributed by atoms with Crippen LogP contribution < -0.4 is 10.6 Å². The second-order valence-electron chi connectivity index (χ2n) is 5.47. The Bertz CT molecular complexity index is 732. The summed E-state index contributed by atoms with van der Waals surface area (Å²) < 4.78 is 4.93. The zero-order valence-electron chi connectivity index (χ0n) is 12.4. The maximum absolute atomic E-state index is 12.6. The Morgan fingerprint density at radius 1 is 1.30 bits per heavy atom. The normalized spacial score (nSPS) is 22.7. The van der Waals surface area contributed by atoms with E-state index in [0.29, 0.717) is 11.3 Å². The SMILES string of the molecule is CN1C(=O)c2ccccc2N2C(=O)CC[C@]12C(=O)OCC(N)=O. The molecule has 2 heterocycles. The Morgan fingerprint density at radius 3 is 2.70 bits per heavy atom. The van der Waals surface area contributed by atoms with Crippen molar-refractivity contribution in [3.8, 4) is 0 Å². The largest absolute Gasteiger partial charge is 0.452 e. The monoisotopic (exact) mass is 317 g/mol. The van der Waals surface area contributed by atoms with E-state index in [1.165, 1.54) is 16.8 Å². The first-order valence-electron chi connectivity index (χ1n) is 7.05. The van der Waals surface area contributed by atoms with E-state index in [9.17, 15) is 19.2 Å². The van der Waals surface area contributed by atoms with Crippen LogP contribution in [0.2, 0.25) is 0 Å². The number of carbonyl (C=O) groups is 4. The summed E-state index contributed by atoms with van der Waals surface area (Å²) in [5.41, 5.74) is 4.13. The van der Waals surface area contributed by atoms with Crippen molar-refractivity contribution < 1.29 is 23.9 Å². The zero-order chi connectivity index (χ0) is 16.8. The molecule has 1 saturated heterocycles. The number of rotatable bonds is 3. The number of esters is 1. The van der Waals surface area contributed by atoms with Gasteiger partial charge in [-0.1, -0.05) is 12.1 Å². The minimum absolute atomic E-state index is 0.0949. The average molecular weight is 317 g/mol. The standard InChI is InChI=1S/C15H15N3O5/c1-17-13(21)9-4-2-3-5-10(9)18-12(20)6-7-15(17,18)14(22)23-8-11(16)19/h2-5H,6-8H2,1H3,(H2,16,19)/t15-/m0/s1. The summed E-state index contributed by atoms with van der Waals surface area (Å²) in [6.07, 6.45) is 0.192. The van der Waals surface area contributed by atoms with Gasteiger partial charge >= 0.3 is 5.97 Å². The number of carbonyl (C=O) groups excluding carboxylic acids is 4. The van der Waals surface area contributed by atoms with Crippen LogP contribution in [0.5, 0.6) is 0 Å². The maximum atomic E-state index is 12.6. The molecule has 3 rings (SSSR count). The van der Waals surface area contributed by atoms with Crippen molar-refractivity contribution in [3.63, 3.8) is 0 Å². The fourth-order valence-corrected chi connectivity index (χ4v) is 3.14. The number of fused-ring (bicyclic) bond motifs is 3. The van der Waals surface area contributed by atoms with Crippen LogP contribution in [-0.2, 0) is 19.1 Å². The third-order valence-electron chi connectivity index (χ3n) is 4.21.